The van der Waals surface area contributed by atoms with Gasteiger partial charge in [0.05, 0.1) is 6.61 Å². The molecule has 6 rings (SSSR count). The third-order valence-electron chi connectivity index (χ3n) is 8.89. The zero-order valence-corrected chi connectivity index (χ0v) is 21.2. The predicted octanol–water partition coefficient (Wildman–Crippen LogP) is 6.16. The quantitative estimate of drug-likeness (QED) is 0.399. The zero-order chi connectivity index (χ0) is 23.5. The van der Waals surface area contributed by atoms with Gasteiger partial charge in [-0.15, -0.1) is 0 Å². The van der Waals surface area contributed by atoms with Crippen molar-refractivity contribution in [1.82, 2.24) is 14.8 Å². The Morgan fingerprint density at radius 1 is 0.857 bits per heavy atom. The highest BCUT2D eigenvalue weighted by molar-refractivity contribution is 5.83. The van der Waals surface area contributed by atoms with Gasteiger partial charge in [0.1, 0.15) is 5.75 Å². The molecule has 0 unspecified atom stereocenters. The molecule has 2 fully saturated rings. The zero-order valence-electron chi connectivity index (χ0n) is 21.2. The number of aromatic amines is 1. The number of ether oxygens (including phenoxy) is 1. The van der Waals surface area contributed by atoms with Crippen molar-refractivity contribution in [2.24, 2.45) is 0 Å². The van der Waals surface area contributed by atoms with E-state index >= 15 is 0 Å². The van der Waals surface area contributed by atoms with E-state index in [1.807, 2.05) is 0 Å². The molecule has 0 spiro atoms. The smallest absolute Gasteiger partial charge is 0.119 e. The standard InChI is InChI=1S/C31H41N3O/c1-2-9-31-29(8-1)30(23-32-31)25-12-17-33(18-13-25)16-3-4-21-35-28-11-10-24-14-19-34(27-6-5-7-27)20-15-26(24)22-28/h1-2,8-11,22-23,25,27,32H,3-7,12-21H2. The van der Waals surface area contributed by atoms with Crippen molar-refractivity contribution >= 4 is 10.9 Å². The number of nitrogens with one attached hydrogen (secondary N) is 1. The number of fused-ring (bicyclic) bond motifs is 2. The summed E-state index contributed by atoms with van der Waals surface area (Å²) in [5.41, 5.74) is 5.85. The molecule has 35 heavy (non-hydrogen) atoms. The van der Waals surface area contributed by atoms with E-state index in [4.69, 9.17) is 4.74 Å². The first-order valence-corrected chi connectivity index (χ1v) is 14.1. The topological polar surface area (TPSA) is 31.5 Å². The van der Waals surface area contributed by atoms with Gasteiger partial charge in [0.2, 0.25) is 0 Å². The second-order valence-corrected chi connectivity index (χ2v) is 11.0. The van der Waals surface area contributed by atoms with Crippen molar-refractivity contribution in [3.63, 3.8) is 0 Å². The Hall–Kier alpha value is -2.30. The van der Waals surface area contributed by atoms with Crippen LogP contribution in [0.5, 0.6) is 5.75 Å². The summed E-state index contributed by atoms with van der Waals surface area (Å²) >= 11 is 0. The fourth-order valence-electron chi connectivity index (χ4n) is 6.45. The van der Waals surface area contributed by atoms with Gasteiger partial charge in [0.25, 0.3) is 0 Å². The molecule has 1 aliphatic carbocycles. The Kier molecular flexibility index (Phi) is 7.11. The minimum Gasteiger partial charge on any atom is -0.494 e. The first-order chi connectivity index (χ1) is 17.3. The molecule has 186 valence electrons. The van der Waals surface area contributed by atoms with Crippen molar-refractivity contribution < 1.29 is 4.74 Å². The maximum Gasteiger partial charge on any atom is 0.119 e. The van der Waals surface area contributed by atoms with E-state index in [2.05, 4.69) is 63.4 Å². The molecule has 1 saturated carbocycles. The molecule has 2 aromatic carbocycles. The summed E-state index contributed by atoms with van der Waals surface area (Å²) in [6.07, 6.45) is 13.8. The molecule has 4 nitrogen and oxygen atoms in total. The Labute approximate surface area is 210 Å². The molecule has 0 amide bonds. The van der Waals surface area contributed by atoms with Crippen molar-refractivity contribution in [3.05, 3.63) is 65.4 Å². The minimum absolute atomic E-state index is 0.694. The maximum atomic E-state index is 6.18. The van der Waals surface area contributed by atoms with Crippen LogP contribution < -0.4 is 4.74 Å². The van der Waals surface area contributed by atoms with E-state index < -0.39 is 0 Å². The molecule has 1 aromatic heterocycles. The summed E-state index contributed by atoms with van der Waals surface area (Å²) in [5.74, 6) is 1.76. The summed E-state index contributed by atoms with van der Waals surface area (Å²) < 4.78 is 6.18. The molecule has 0 bridgehead atoms. The number of likely N-dealkylation sites (tertiary alicyclic amines) is 1. The average molecular weight is 472 g/mol. The molecule has 1 saturated heterocycles. The van der Waals surface area contributed by atoms with Gasteiger partial charge in [-0.05, 0) is 112 Å². The van der Waals surface area contributed by atoms with E-state index in [0.717, 1.165) is 24.8 Å². The van der Waals surface area contributed by atoms with Crippen LogP contribution in [0.25, 0.3) is 10.9 Å². The number of benzene rings is 2. The predicted molar refractivity (Wildman–Crippen MR) is 145 cm³/mol. The van der Waals surface area contributed by atoms with Gasteiger partial charge in [-0.25, -0.2) is 0 Å². The second-order valence-electron chi connectivity index (χ2n) is 11.0. The third kappa shape index (κ3) is 5.29. The summed E-state index contributed by atoms with van der Waals surface area (Å²) in [4.78, 5) is 8.84. The van der Waals surface area contributed by atoms with Crippen molar-refractivity contribution in [2.75, 3.05) is 39.3 Å². The van der Waals surface area contributed by atoms with Crippen LogP contribution in [0.2, 0.25) is 0 Å². The lowest BCUT2D eigenvalue weighted by molar-refractivity contribution is 0.133. The van der Waals surface area contributed by atoms with Crippen LogP contribution in [0.4, 0.5) is 0 Å². The number of unbranched alkanes of at least 4 members (excludes halogenated alkanes) is 1. The third-order valence-corrected chi connectivity index (χ3v) is 8.89. The van der Waals surface area contributed by atoms with Gasteiger partial charge >= 0.3 is 0 Å². The van der Waals surface area contributed by atoms with Crippen LogP contribution >= 0.6 is 0 Å². The lowest BCUT2D eigenvalue weighted by atomic mass is 9.89. The Bertz CT molecular complexity index is 1110. The molecular formula is C31H41N3O. The Morgan fingerprint density at radius 2 is 1.69 bits per heavy atom. The summed E-state index contributed by atoms with van der Waals surface area (Å²) in [7, 11) is 0. The van der Waals surface area contributed by atoms with Gasteiger partial charge in [-0.3, -0.25) is 4.90 Å². The molecule has 3 heterocycles. The van der Waals surface area contributed by atoms with Crippen LogP contribution in [0.15, 0.2) is 48.7 Å². The molecular weight excluding hydrogens is 430 g/mol. The largest absolute Gasteiger partial charge is 0.494 e. The molecule has 1 N–H and O–H groups in total. The molecule has 0 radical (unpaired) electrons. The molecule has 0 atom stereocenters. The fraction of sp³-hybridized carbons (Fsp3) is 0.548. The molecule has 3 aliphatic rings. The highest BCUT2D eigenvalue weighted by atomic mass is 16.5. The van der Waals surface area contributed by atoms with E-state index in [0.29, 0.717) is 5.92 Å². The average Bonchev–Trinajstić information content (AvgIpc) is 3.19. The van der Waals surface area contributed by atoms with Gasteiger partial charge in [0, 0.05) is 36.2 Å². The lowest BCUT2D eigenvalue weighted by Crippen LogP contribution is -2.41. The number of hydrogen-bond acceptors (Lipinski definition) is 3. The lowest BCUT2D eigenvalue weighted by Gasteiger charge is -2.36. The summed E-state index contributed by atoms with van der Waals surface area (Å²) in [6.45, 7) is 6.92. The summed E-state index contributed by atoms with van der Waals surface area (Å²) in [5, 5.41) is 1.41. The van der Waals surface area contributed by atoms with E-state index in [9.17, 15) is 0 Å². The number of nitrogens with zero attached hydrogens (tertiary/aromatic N) is 2. The monoisotopic (exact) mass is 471 g/mol. The first-order valence-electron chi connectivity index (χ1n) is 14.1. The van der Waals surface area contributed by atoms with Crippen LogP contribution in [0, 0.1) is 0 Å². The van der Waals surface area contributed by atoms with Crippen LogP contribution in [0.1, 0.15) is 67.6 Å². The Balaban J connectivity index is 0.908. The maximum absolute atomic E-state index is 6.18. The molecule has 3 aromatic rings. The SMILES string of the molecule is c1ccc2c(C3CCN(CCCCOc4ccc5c(c4)CCN(C4CCC4)CC5)CC3)c[nH]c2c1. The van der Waals surface area contributed by atoms with Gasteiger partial charge < -0.3 is 14.6 Å². The van der Waals surface area contributed by atoms with E-state index in [-0.39, 0.29) is 0 Å². The van der Waals surface area contributed by atoms with Crippen LogP contribution in [0.3, 0.4) is 0 Å². The van der Waals surface area contributed by atoms with E-state index in [1.54, 1.807) is 0 Å². The van der Waals surface area contributed by atoms with Gasteiger partial charge in [-0.1, -0.05) is 30.7 Å². The number of piperidine rings is 1. The van der Waals surface area contributed by atoms with Crippen LogP contribution in [-0.4, -0.2) is 60.2 Å². The van der Waals surface area contributed by atoms with Gasteiger partial charge in [-0.2, -0.15) is 0 Å². The number of aromatic nitrogens is 1. The highest BCUT2D eigenvalue weighted by Crippen LogP contribution is 2.33. The van der Waals surface area contributed by atoms with E-state index in [1.165, 1.54) is 112 Å². The second kappa shape index (κ2) is 10.8. The highest BCUT2D eigenvalue weighted by Gasteiger charge is 2.26. The number of H-pyrrole nitrogens is 1. The van der Waals surface area contributed by atoms with Crippen molar-refractivity contribution in [2.45, 2.75) is 69.7 Å². The normalized spacial score (nSPS) is 20.5. The van der Waals surface area contributed by atoms with Crippen LogP contribution in [-0.2, 0) is 12.8 Å². The minimum atomic E-state index is 0.694. The Morgan fingerprint density at radius 3 is 2.51 bits per heavy atom. The molecule has 4 heteroatoms. The fourth-order valence-corrected chi connectivity index (χ4v) is 6.45. The first kappa shape index (κ1) is 23.1. The molecule has 2 aliphatic heterocycles. The number of para-hydroxylation sites is 1. The number of rotatable bonds is 8. The van der Waals surface area contributed by atoms with Crippen molar-refractivity contribution in [1.29, 1.82) is 0 Å². The summed E-state index contributed by atoms with van der Waals surface area (Å²) in [6, 6.07) is 16.4. The van der Waals surface area contributed by atoms with Gasteiger partial charge in [0.15, 0.2) is 0 Å². The van der Waals surface area contributed by atoms with Crippen molar-refractivity contribution in [3.8, 4) is 5.75 Å². The number of hydrogen-bond donors (Lipinski definition) is 1.